The molecule has 0 saturated carbocycles. The standard InChI is InChI=1S/C5H4O2S.CH2O/c6-5(7)4-2-1-3-8-4;1-2/h1-3H,(H,6,7);1H2. The Kier molecular flexibility index (Phi) is 4.15. The summed E-state index contributed by atoms with van der Waals surface area (Å²) >= 11 is 1.23. The van der Waals surface area contributed by atoms with E-state index in [2.05, 4.69) is 0 Å². The molecule has 0 aromatic carbocycles. The van der Waals surface area contributed by atoms with Gasteiger partial charge < -0.3 is 9.90 Å². The predicted octanol–water partition coefficient (Wildman–Crippen LogP) is 1.26. The minimum atomic E-state index is -0.847. The van der Waals surface area contributed by atoms with Crippen LogP contribution in [-0.2, 0) is 4.79 Å². The van der Waals surface area contributed by atoms with E-state index in [0.29, 0.717) is 4.88 Å². The Balaban J connectivity index is 0.000000371. The van der Waals surface area contributed by atoms with Gasteiger partial charge in [-0.1, -0.05) is 6.07 Å². The van der Waals surface area contributed by atoms with Crippen LogP contribution >= 0.6 is 11.3 Å². The van der Waals surface area contributed by atoms with E-state index in [-0.39, 0.29) is 0 Å². The van der Waals surface area contributed by atoms with Gasteiger partial charge in [0.15, 0.2) is 0 Å². The van der Waals surface area contributed by atoms with Crippen molar-refractivity contribution in [3.63, 3.8) is 0 Å². The van der Waals surface area contributed by atoms with Gasteiger partial charge in [0.25, 0.3) is 0 Å². The molecule has 1 rings (SSSR count). The summed E-state index contributed by atoms with van der Waals surface area (Å²) in [5, 5.41) is 10.0. The SMILES string of the molecule is C=O.O=C(O)c1cccs1. The van der Waals surface area contributed by atoms with E-state index < -0.39 is 5.97 Å². The molecule has 0 radical (unpaired) electrons. The van der Waals surface area contributed by atoms with Gasteiger partial charge in [-0.15, -0.1) is 11.3 Å². The second-order valence-electron chi connectivity index (χ2n) is 1.28. The fourth-order valence-electron chi connectivity index (χ4n) is 0.400. The van der Waals surface area contributed by atoms with Crippen molar-refractivity contribution in [3.8, 4) is 0 Å². The molecule has 0 aliphatic heterocycles. The molecule has 0 aliphatic carbocycles. The van der Waals surface area contributed by atoms with Gasteiger partial charge >= 0.3 is 5.97 Å². The lowest BCUT2D eigenvalue weighted by Gasteiger charge is -1.78. The summed E-state index contributed by atoms with van der Waals surface area (Å²) in [7, 11) is 0. The van der Waals surface area contributed by atoms with Crippen LogP contribution in [0.3, 0.4) is 0 Å². The van der Waals surface area contributed by atoms with Crippen LogP contribution in [0, 0.1) is 0 Å². The molecule has 3 nitrogen and oxygen atoms in total. The Hall–Kier alpha value is -1.16. The number of rotatable bonds is 1. The molecule has 1 aromatic rings. The molecule has 1 aromatic heterocycles. The van der Waals surface area contributed by atoms with Crippen molar-refractivity contribution in [2.45, 2.75) is 0 Å². The number of carbonyl (C=O) groups is 2. The Morgan fingerprint density at radius 2 is 2.20 bits per heavy atom. The Labute approximate surface area is 61.9 Å². The summed E-state index contributed by atoms with van der Waals surface area (Å²) in [4.78, 5) is 18.5. The molecule has 54 valence electrons. The van der Waals surface area contributed by atoms with Gasteiger partial charge in [-0.25, -0.2) is 4.79 Å². The topological polar surface area (TPSA) is 54.4 Å². The summed E-state index contributed by atoms with van der Waals surface area (Å²) in [6.45, 7) is 2.00. The van der Waals surface area contributed by atoms with Crippen molar-refractivity contribution in [1.82, 2.24) is 0 Å². The first-order valence-corrected chi connectivity index (χ1v) is 3.24. The van der Waals surface area contributed by atoms with Crippen LogP contribution < -0.4 is 0 Å². The van der Waals surface area contributed by atoms with Crippen molar-refractivity contribution < 1.29 is 14.7 Å². The van der Waals surface area contributed by atoms with Gasteiger partial charge in [0, 0.05) is 0 Å². The third-order valence-electron chi connectivity index (χ3n) is 0.732. The molecule has 0 fully saturated rings. The number of thiophene rings is 1. The van der Waals surface area contributed by atoms with Gasteiger partial charge in [0.2, 0.25) is 0 Å². The van der Waals surface area contributed by atoms with Gasteiger partial charge in [-0.2, -0.15) is 0 Å². The summed E-state index contributed by atoms with van der Waals surface area (Å²) < 4.78 is 0. The Bertz CT molecular complexity index is 193. The third-order valence-corrected chi connectivity index (χ3v) is 1.59. The Morgan fingerprint density at radius 3 is 2.40 bits per heavy atom. The summed E-state index contributed by atoms with van der Waals surface area (Å²) in [6, 6.07) is 3.29. The lowest BCUT2D eigenvalue weighted by Crippen LogP contribution is -1.89. The van der Waals surface area contributed by atoms with Crippen LogP contribution in [0.15, 0.2) is 17.5 Å². The number of carboxylic acids is 1. The first-order chi connectivity index (χ1) is 4.80. The molecule has 10 heavy (non-hydrogen) atoms. The smallest absolute Gasteiger partial charge is 0.345 e. The van der Waals surface area contributed by atoms with Gasteiger partial charge in [0.1, 0.15) is 11.7 Å². The average Bonchev–Trinajstić information content (AvgIpc) is 2.42. The first kappa shape index (κ1) is 8.84. The van der Waals surface area contributed by atoms with Crippen LogP contribution in [0.5, 0.6) is 0 Å². The lowest BCUT2D eigenvalue weighted by atomic mass is 10.5. The fourth-order valence-corrected chi connectivity index (χ4v) is 0.962. The second-order valence-corrected chi connectivity index (χ2v) is 2.23. The van der Waals surface area contributed by atoms with E-state index >= 15 is 0 Å². The van der Waals surface area contributed by atoms with Gasteiger partial charge in [0.05, 0.1) is 0 Å². The maximum Gasteiger partial charge on any atom is 0.345 e. The minimum Gasteiger partial charge on any atom is -0.477 e. The van der Waals surface area contributed by atoms with E-state index in [1.165, 1.54) is 11.3 Å². The molecule has 1 heterocycles. The van der Waals surface area contributed by atoms with Crippen LogP contribution in [0.4, 0.5) is 0 Å². The van der Waals surface area contributed by atoms with E-state index in [1.54, 1.807) is 17.5 Å². The third kappa shape index (κ3) is 2.41. The zero-order valence-corrected chi connectivity index (χ0v) is 5.93. The molecular formula is C6H6O3S. The highest BCUT2D eigenvalue weighted by molar-refractivity contribution is 7.11. The number of hydrogen-bond donors (Lipinski definition) is 1. The maximum absolute atomic E-state index is 10.1. The molecule has 0 aliphatic rings. The number of carboxylic acid groups (broad SMARTS) is 1. The molecule has 0 bridgehead atoms. The highest BCUT2D eigenvalue weighted by atomic mass is 32.1. The van der Waals surface area contributed by atoms with Crippen LogP contribution in [-0.4, -0.2) is 17.9 Å². The van der Waals surface area contributed by atoms with Crippen LogP contribution in [0.25, 0.3) is 0 Å². The van der Waals surface area contributed by atoms with Crippen molar-refractivity contribution >= 4 is 24.1 Å². The molecule has 0 saturated heterocycles. The van der Waals surface area contributed by atoms with Crippen molar-refractivity contribution in [3.05, 3.63) is 22.4 Å². The molecule has 0 amide bonds. The minimum absolute atomic E-state index is 0.394. The Morgan fingerprint density at radius 1 is 1.60 bits per heavy atom. The predicted molar refractivity (Wildman–Crippen MR) is 38.4 cm³/mol. The molecule has 0 spiro atoms. The van der Waals surface area contributed by atoms with Crippen LogP contribution in [0.1, 0.15) is 9.67 Å². The molecule has 4 heteroatoms. The molecular weight excluding hydrogens is 152 g/mol. The second kappa shape index (κ2) is 4.69. The zero-order valence-electron chi connectivity index (χ0n) is 5.11. The summed E-state index contributed by atoms with van der Waals surface area (Å²) in [5.74, 6) is -0.847. The van der Waals surface area contributed by atoms with E-state index in [4.69, 9.17) is 9.90 Å². The van der Waals surface area contributed by atoms with Crippen LogP contribution in [0.2, 0.25) is 0 Å². The highest BCUT2D eigenvalue weighted by Gasteiger charge is 1.99. The maximum atomic E-state index is 10.1. The van der Waals surface area contributed by atoms with E-state index in [9.17, 15) is 4.79 Å². The van der Waals surface area contributed by atoms with Crippen molar-refractivity contribution in [2.24, 2.45) is 0 Å². The first-order valence-electron chi connectivity index (χ1n) is 2.36. The summed E-state index contributed by atoms with van der Waals surface area (Å²) in [5.41, 5.74) is 0. The number of hydrogen-bond acceptors (Lipinski definition) is 3. The quantitative estimate of drug-likeness (QED) is 0.669. The highest BCUT2D eigenvalue weighted by Crippen LogP contribution is 2.06. The number of carbonyl (C=O) groups excluding carboxylic acids is 1. The fraction of sp³-hybridized carbons (Fsp3) is 0. The van der Waals surface area contributed by atoms with Gasteiger partial charge in [-0.05, 0) is 11.4 Å². The average molecular weight is 158 g/mol. The largest absolute Gasteiger partial charge is 0.477 e. The van der Waals surface area contributed by atoms with Crippen molar-refractivity contribution in [2.75, 3.05) is 0 Å². The molecule has 0 atom stereocenters. The van der Waals surface area contributed by atoms with Gasteiger partial charge in [-0.3, -0.25) is 0 Å². The molecule has 1 N–H and O–H groups in total. The van der Waals surface area contributed by atoms with E-state index in [1.807, 2.05) is 6.79 Å². The normalized spacial score (nSPS) is 7.60. The monoisotopic (exact) mass is 158 g/mol. The van der Waals surface area contributed by atoms with E-state index in [0.717, 1.165) is 0 Å². The number of aromatic carboxylic acids is 1. The summed E-state index contributed by atoms with van der Waals surface area (Å²) in [6.07, 6.45) is 0. The zero-order chi connectivity index (χ0) is 7.98. The lowest BCUT2D eigenvalue weighted by molar-refractivity contribution is -0.0980. The van der Waals surface area contributed by atoms with Crippen molar-refractivity contribution in [1.29, 1.82) is 0 Å². The molecule has 0 unspecified atom stereocenters.